The van der Waals surface area contributed by atoms with Crippen molar-refractivity contribution in [2.24, 2.45) is 13.0 Å². The first kappa shape index (κ1) is 17.7. The number of aryl methyl sites for hydroxylation is 1. The fraction of sp³-hybridized carbons (Fsp3) is 0.579. The zero-order valence-corrected chi connectivity index (χ0v) is 16.0. The SMILES string of the molecule is Cn1c(C(=O)C2CCOC2)nc2ccc(B3OC(C)(C)C(C)(C)O3)cc21. The van der Waals surface area contributed by atoms with Gasteiger partial charge in [0.1, 0.15) is 0 Å². The minimum atomic E-state index is -0.429. The molecule has 0 spiro atoms. The van der Waals surface area contributed by atoms with Crippen LogP contribution in [0.1, 0.15) is 44.7 Å². The first-order chi connectivity index (χ1) is 12.2. The van der Waals surface area contributed by atoms with Crippen LogP contribution in [0.15, 0.2) is 18.2 Å². The number of aromatic nitrogens is 2. The zero-order valence-electron chi connectivity index (χ0n) is 16.0. The summed E-state index contributed by atoms with van der Waals surface area (Å²) in [7, 11) is 1.45. The van der Waals surface area contributed by atoms with Crippen molar-refractivity contribution in [2.75, 3.05) is 13.2 Å². The summed E-state index contributed by atoms with van der Waals surface area (Å²) in [6.45, 7) is 9.28. The predicted octanol–water partition coefficient (Wildman–Crippen LogP) is 2.09. The maximum absolute atomic E-state index is 12.7. The Morgan fingerprint density at radius 2 is 1.92 bits per heavy atom. The normalized spacial score (nSPS) is 24.5. The van der Waals surface area contributed by atoms with Gasteiger partial charge in [-0.3, -0.25) is 4.79 Å². The van der Waals surface area contributed by atoms with Crippen LogP contribution in [0.3, 0.4) is 0 Å². The molecule has 1 atom stereocenters. The number of ketones is 1. The van der Waals surface area contributed by atoms with Gasteiger partial charge in [-0.05, 0) is 51.7 Å². The fourth-order valence-corrected chi connectivity index (χ4v) is 3.48. The van der Waals surface area contributed by atoms with E-state index in [4.69, 9.17) is 14.0 Å². The van der Waals surface area contributed by atoms with Crippen molar-refractivity contribution in [1.29, 1.82) is 0 Å². The molecule has 138 valence electrons. The summed E-state index contributed by atoms with van der Waals surface area (Å²) in [4.78, 5) is 17.3. The molecule has 2 aliphatic rings. The molecule has 0 saturated carbocycles. The molecule has 0 N–H and O–H groups in total. The highest BCUT2D eigenvalue weighted by Gasteiger charge is 2.51. The molecule has 0 aliphatic carbocycles. The summed E-state index contributed by atoms with van der Waals surface area (Å²) in [5.41, 5.74) is 1.86. The van der Waals surface area contributed by atoms with Gasteiger partial charge in [0.2, 0.25) is 5.78 Å². The molecule has 2 aromatic rings. The summed E-state index contributed by atoms with van der Waals surface area (Å²) in [5.74, 6) is 0.452. The molecule has 0 bridgehead atoms. The molecule has 0 radical (unpaired) electrons. The van der Waals surface area contributed by atoms with Crippen molar-refractivity contribution < 1.29 is 18.8 Å². The molecule has 7 heteroatoms. The minimum absolute atomic E-state index is 0.0541. The Hall–Kier alpha value is -1.70. The number of nitrogens with zero attached hydrogens (tertiary/aromatic N) is 2. The van der Waals surface area contributed by atoms with Crippen molar-refractivity contribution in [3.05, 3.63) is 24.0 Å². The van der Waals surface area contributed by atoms with E-state index in [2.05, 4.69) is 4.98 Å². The van der Waals surface area contributed by atoms with E-state index in [0.29, 0.717) is 19.0 Å². The zero-order chi connectivity index (χ0) is 18.7. The number of ether oxygens (including phenoxy) is 1. The highest BCUT2D eigenvalue weighted by molar-refractivity contribution is 6.62. The van der Waals surface area contributed by atoms with Gasteiger partial charge < -0.3 is 18.6 Å². The van der Waals surface area contributed by atoms with Crippen LogP contribution in [0.2, 0.25) is 0 Å². The van der Waals surface area contributed by atoms with Crippen molar-refractivity contribution in [2.45, 2.75) is 45.3 Å². The maximum Gasteiger partial charge on any atom is 0.494 e. The Labute approximate surface area is 154 Å². The monoisotopic (exact) mass is 356 g/mol. The second-order valence-corrected chi connectivity index (χ2v) is 8.26. The van der Waals surface area contributed by atoms with E-state index in [9.17, 15) is 4.79 Å². The molecule has 3 heterocycles. The number of fused-ring (bicyclic) bond motifs is 1. The number of benzene rings is 1. The average molecular weight is 356 g/mol. The van der Waals surface area contributed by atoms with Gasteiger partial charge in [0.05, 0.1) is 34.8 Å². The van der Waals surface area contributed by atoms with Crippen LogP contribution in [0, 0.1) is 5.92 Å². The second kappa shape index (κ2) is 5.91. The fourth-order valence-electron chi connectivity index (χ4n) is 3.48. The Morgan fingerprint density at radius 3 is 2.54 bits per heavy atom. The molecule has 6 nitrogen and oxygen atoms in total. The molecule has 26 heavy (non-hydrogen) atoms. The molecule has 2 saturated heterocycles. The Balaban J connectivity index is 1.68. The highest BCUT2D eigenvalue weighted by atomic mass is 16.7. The molecular weight excluding hydrogens is 331 g/mol. The first-order valence-electron chi connectivity index (χ1n) is 9.13. The third-order valence-electron chi connectivity index (χ3n) is 5.95. The number of imidazole rings is 1. The number of hydrogen-bond acceptors (Lipinski definition) is 5. The van der Waals surface area contributed by atoms with Gasteiger partial charge in [-0.1, -0.05) is 6.07 Å². The quantitative estimate of drug-likeness (QED) is 0.623. The molecule has 1 unspecified atom stereocenters. The van der Waals surface area contributed by atoms with Gasteiger partial charge in [-0.2, -0.15) is 0 Å². The average Bonchev–Trinajstić information content (AvgIpc) is 3.25. The lowest BCUT2D eigenvalue weighted by Gasteiger charge is -2.32. The van der Waals surface area contributed by atoms with Gasteiger partial charge in [0.15, 0.2) is 5.82 Å². The Bertz CT molecular complexity index is 852. The van der Waals surface area contributed by atoms with E-state index in [0.717, 1.165) is 22.9 Å². The number of carbonyl (C=O) groups is 1. The van der Waals surface area contributed by atoms with Crippen LogP contribution < -0.4 is 5.46 Å². The van der Waals surface area contributed by atoms with Gasteiger partial charge in [0, 0.05) is 13.7 Å². The first-order valence-corrected chi connectivity index (χ1v) is 9.13. The summed E-state index contributed by atoms with van der Waals surface area (Å²) in [5, 5.41) is 0. The predicted molar refractivity (Wildman–Crippen MR) is 99.7 cm³/mol. The lowest BCUT2D eigenvalue weighted by Crippen LogP contribution is -2.41. The lowest BCUT2D eigenvalue weighted by molar-refractivity contribution is 0.00578. The highest BCUT2D eigenvalue weighted by Crippen LogP contribution is 2.36. The van der Waals surface area contributed by atoms with Crippen molar-refractivity contribution >= 4 is 29.4 Å². The molecule has 4 rings (SSSR count). The van der Waals surface area contributed by atoms with Gasteiger partial charge in [0.25, 0.3) is 0 Å². The van der Waals surface area contributed by atoms with Gasteiger partial charge in [-0.25, -0.2) is 4.98 Å². The van der Waals surface area contributed by atoms with Gasteiger partial charge in [-0.15, -0.1) is 0 Å². The third-order valence-corrected chi connectivity index (χ3v) is 5.95. The molecule has 2 aliphatic heterocycles. The largest absolute Gasteiger partial charge is 0.494 e. The van der Waals surface area contributed by atoms with Crippen LogP contribution in [0.4, 0.5) is 0 Å². The van der Waals surface area contributed by atoms with E-state index >= 15 is 0 Å². The number of carbonyl (C=O) groups excluding carboxylic acids is 1. The number of Topliss-reactive ketones (excluding diaryl/α,β-unsaturated/α-hetero) is 1. The molecule has 1 aromatic carbocycles. The summed E-state index contributed by atoms with van der Waals surface area (Å²) < 4.78 is 19.5. The molecule has 1 aromatic heterocycles. The van der Waals surface area contributed by atoms with Crippen LogP contribution >= 0.6 is 0 Å². The van der Waals surface area contributed by atoms with E-state index in [1.54, 1.807) is 0 Å². The number of hydrogen-bond donors (Lipinski definition) is 0. The number of rotatable bonds is 3. The molecular formula is C19H25BN2O4. The summed E-state index contributed by atoms with van der Waals surface area (Å²) in [6, 6.07) is 5.90. The van der Waals surface area contributed by atoms with Crippen molar-refractivity contribution in [3.8, 4) is 0 Å². The Kier molecular flexibility index (Phi) is 4.02. The van der Waals surface area contributed by atoms with E-state index in [1.165, 1.54) is 0 Å². The van der Waals surface area contributed by atoms with E-state index in [1.807, 2.05) is 57.5 Å². The summed E-state index contributed by atoms with van der Waals surface area (Å²) >= 11 is 0. The van der Waals surface area contributed by atoms with Crippen LogP contribution in [-0.4, -0.2) is 46.9 Å². The van der Waals surface area contributed by atoms with E-state index < -0.39 is 7.12 Å². The molecule has 0 amide bonds. The third kappa shape index (κ3) is 2.69. The van der Waals surface area contributed by atoms with Crippen molar-refractivity contribution in [3.63, 3.8) is 0 Å². The standard InChI is InChI=1S/C19H25BN2O4/c1-18(2)19(3,4)26-20(25-18)13-6-7-14-15(10-13)22(5)17(21-14)16(23)12-8-9-24-11-12/h6-7,10,12H,8-9,11H2,1-5H3. The minimum Gasteiger partial charge on any atom is -0.399 e. The lowest BCUT2D eigenvalue weighted by atomic mass is 9.79. The van der Waals surface area contributed by atoms with Crippen molar-refractivity contribution in [1.82, 2.24) is 9.55 Å². The Morgan fingerprint density at radius 1 is 1.23 bits per heavy atom. The van der Waals surface area contributed by atoms with E-state index in [-0.39, 0.29) is 22.9 Å². The topological polar surface area (TPSA) is 62.6 Å². The van der Waals surface area contributed by atoms with Crippen LogP contribution in [-0.2, 0) is 21.1 Å². The van der Waals surface area contributed by atoms with Gasteiger partial charge >= 0.3 is 7.12 Å². The molecule has 2 fully saturated rings. The maximum atomic E-state index is 12.7. The smallest absolute Gasteiger partial charge is 0.399 e. The summed E-state index contributed by atoms with van der Waals surface area (Å²) in [6.07, 6.45) is 0.765. The van der Waals surface area contributed by atoms with Crippen LogP contribution in [0.25, 0.3) is 11.0 Å². The second-order valence-electron chi connectivity index (χ2n) is 8.26. The van der Waals surface area contributed by atoms with Crippen LogP contribution in [0.5, 0.6) is 0 Å².